The van der Waals surface area contributed by atoms with Crippen molar-refractivity contribution in [2.24, 2.45) is 0 Å². The van der Waals surface area contributed by atoms with Crippen molar-refractivity contribution in [3.63, 3.8) is 0 Å². The number of carbonyl (C=O) groups is 1. The van der Waals surface area contributed by atoms with Crippen LogP contribution in [0.5, 0.6) is 0 Å². The van der Waals surface area contributed by atoms with Crippen LogP contribution in [0.1, 0.15) is 24.5 Å². The van der Waals surface area contributed by atoms with E-state index in [2.05, 4.69) is 15.9 Å². The van der Waals surface area contributed by atoms with Crippen LogP contribution in [0.2, 0.25) is 0 Å². The van der Waals surface area contributed by atoms with Gasteiger partial charge in [0.05, 0.1) is 5.69 Å². The monoisotopic (exact) mass is 377 g/mol. The zero-order valence-corrected chi connectivity index (χ0v) is 14.3. The average molecular weight is 378 g/mol. The van der Waals surface area contributed by atoms with Crippen LogP contribution < -0.4 is 4.90 Å². The Labute approximate surface area is 143 Å². The van der Waals surface area contributed by atoms with E-state index in [-0.39, 0.29) is 18.5 Å². The summed E-state index contributed by atoms with van der Waals surface area (Å²) < 4.78 is 20.2. The zero-order chi connectivity index (χ0) is 16.4. The first-order valence-electron chi connectivity index (χ1n) is 7.54. The molecule has 1 heterocycles. The SMILES string of the molecule is CC1CCc2c(F)cc(Br)cc2N1C(=O)OCc1ccccc1. The normalized spacial score (nSPS) is 16.8. The number of amides is 1. The fraction of sp³-hybridized carbons (Fsp3) is 0.278. The van der Waals surface area contributed by atoms with Crippen LogP contribution >= 0.6 is 15.9 Å². The van der Waals surface area contributed by atoms with Crippen molar-refractivity contribution in [1.82, 2.24) is 0 Å². The Hall–Kier alpha value is -1.88. The summed E-state index contributed by atoms with van der Waals surface area (Å²) in [5, 5.41) is 0. The van der Waals surface area contributed by atoms with Crippen LogP contribution in [0.3, 0.4) is 0 Å². The highest BCUT2D eigenvalue weighted by Gasteiger charge is 2.31. The molecule has 1 aliphatic rings. The van der Waals surface area contributed by atoms with Gasteiger partial charge in [-0.25, -0.2) is 9.18 Å². The third-order valence-electron chi connectivity index (χ3n) is 4.05. The maximum Gasteiger partial charge on any atom is 0.414 e. The van der Waals surface area contributed by atoms with Crippen LogP contribution in [0.4, 0.5) is 14.9 Å². The standard InChI is InChI=1S/C18H17BrFNO2/c1-12-7-8-15-16(20)9-14(19)10-17(15)21(12)18(22)23-11-13-5-3-2-4-6-13/h2-6,9-10,12H,7-8,11H2,1H3. The van der Waals surface area contributed by atoms with Crippen molar-refractivity contribution in [2.45, 2.75) is 32.4 Å². The molecule has 0 aromatic heterocycles. The second-order valence-electron chi connectivity index (χ2n) is 5.68. The van der Waals surface area contributed by atoms with Gasteiger partial charge in [0, 0.05) is 16.1 Å². The molecule has 23 heavy (non-hydrogen) atoms. The van der Waals surface area contributed by atoms with Crippen molar-refractivity contribution in [1.29, 1.82) is 0 Å². The van der Waals surface area contributed by atoms with Crippen molar-refractivity contribution < 1.29 is 13.9 Å². The van der Waals surface area contributed by atoms with Crippen molar-refractivity contribution in [3.05, 3.63) is 63.9 Å². The molecule has 0 aliphatic carbocycles. The van der Waals surface area contributed by atoms with Gasteiger partial charge in [0.2, 0.25) is 0 Å². The first kappa shape index (κ1) is 16.0. The van der Waals surface area contributed by atoms with Gasteiger partial charge in [-0.2, -0.15) is 0 Å². The smallest absolute Gasteiger partial charge is 0.414 e. The molecule has 2 aromatic rings. The number of benzene rings is 2. The predicted molar refractivity (Wildman–Crippen MR) is 91.0 cm³/mol. The van der Waals surface area contributed by atoms with E-state index in [1.165, 1.54) is 6.07 Å². The molecule has 0 saturated heterocycles. The van der Waals surface area contributed by atoms with Gasteiger partial charge < -0.3 is 4.74 Å². The lowest BCUT2D eigenvalue weighted by Gasteiger charge is -2.34. The van der Waals surface area contributed by atoms with Crippen molar-refractivity contribution in [3.8, 4) is 0 Å². The maximum atomic E-state index is 14.1. The average Bonchev–Trinajstić information content (AvgIpc) is 2.53. The van der Waals surface area contributed by atoms with Crippen LogP contribution in [0, 0.1) is 5.82 Å². The zero-order valence-electron chi connectivity index (χ0n) is 12.8. The topological polar surface area (TPSA) is 29.5 Å². The molecule has 3 nitrogen and oxygen atoms in total. The minimum atomic E-state index is -0.445. The summed E-state index contributed by atoms with van der Waals surface area (Å²) in [4.78, 5) is 14.1. The van der Waals surface area contributed by atoms with E-state index in [0.29, 0.717) is 28.6 Å². The second-order valence-corrected chi connectivity index (χ2v) is 6.60. The Morgan fingerprint density at radius 2 is 2.09 bits per heavy atom. The maximum absolute atomic E-state index is 14.1. The van der Waals surface area contributed by atoms with E-state index in [0.717, 1.165) is 5.56 Å². The third kappa shape index (κ3) is 3.39. The minimum absolute atomic E-state index is 0.0283. The molecule has 0 radical (unpaired) electrons. The van der Waals surface area contributed by atoms with Gasteiger partial charge in [-0.3, -0.25) is 4.90 Å². The van der Waals surface area contributed by atoms with Crippen molar-refractivity contribution >= 4 is 27.7 Å². The summed E-state index contributed by atoms with van der Waals surface area (Å²) in [6, 6.07) is 12.7. The molecule has 120 valence electrons. The fourth-order valence-corrected chi connectivity index (χ4v) is 3.26. The van der Waals surface area contributed by atoms with Crippen LogP contribution in [-0.4, -0.2) is 12.1 Å². The summed E-state index contributed by atoms with van der Waals surface area (Å²) >= 11 is 3.29. The predicted octanol–water partition coefficient (Wildman–Crippen LogP) is 5.07. The molecule has 1 atom stereocenters. The number of fused-ring (bicyclic) bond motifs is 1. The molecule has 0 fully saturated rings. The highest BCUT2D eigenvalue weighted by atomic mass is 79.9. The van der Waals surface area contributed by atoms with Gasteiger partial charge in [0.1, 0.15) is 12.4 Å². The van der Waals surface area contributed by atoms with E-state index >= 15 is 0 Å². The Bertz CT molecular complexity index is 720. The summed E-state index contributed by atoms with van der Waals surface area (Å²) in [6.45, 7) is 2.15. The number of halogens is 2. The number of carbonyl (C=O) groups excluding carboxylic acids is 1. The van der Waals surface area contributed by atoms with Crippen LogP contribution in [0.15, 0.2) is 46.9 Å². The van der Waals surface area contributed by atoms with Gasteiger partial charge in [-0.1, -0.05) is 46.3 Å². The number of nitrogens with zero attached hydrogens (tertiary/aromatic N) is 1. The number of rotatable bonds is 2. The van der Waals surface area contributed by atoms with Gasteiger partial charge >= 0.3 is 6.09 Å². The lowest BCUT2D eigenvalue weighted by atomic mass is 9.96. The quantitative estimate of drug-likeness (QED) is 0.731. The van der Waals surface area contributed by atoms with E-state index in [9.17, 15) is 9.18 Å². The van der Waals surface area contributed by atoms with Gasteiger partial charge in [-0.15, -0.1) is 0 Å². The highest BCUT2D eigenvalue weighted by Crippen LogP contribution is 2.35. The van der Waals surface area contributed by atoms with E-state index in [1.54, 1.807) is 11.0 Å². The first-order valence-corrected chi connectivity index (χ1v) is 8.33. The van der Waals surface area contributed by atoms with Gasteiger partial charge in [0.15, 0.2) is 0 Å². The van der Waals surface area contributed by atoms with E-state index in [1.807, 2.05) is 37.3 Å². The molecule has 0 spiro atoms. The Balaban J connectivity index is 1.83. The summed E-state index contributed by atoms with van der Waals surface area (Å²) in [6.07, 6.45) is 0.893. The molecule has 5 heteroatoms. The summed E-state index contributed by atoms with van der Waals surface area (Å²) in [5.41, 5.74) is 2.09. The van der Waals surface area contributed by atoms with Gasteiger partial charge in [0.25, 0.3) is 0 Å². The number of anilines is 1. The minimum Gasteiger partial charge on any atom is -0.444 e. The van der Waals surface area contributed by atoms with Gasteiger partial charge in [-0.05, 0) is 37.5 Å². The van der Waals surface area contributed by atoms with Crippen LogP contribution in [-0.2, 0) is 17.8 Å². The number of hydrogen-bond donors (Lipinski definition) is 0. The highest BCUT2D eigenvalue weighted by molar-refractivity contribution is 9.10. The lowest BCUT2D eigenvalue weighted by molar-refractivity contribution is 0.144. The Morgan fingerprint density at radius 1 is 1.35 bits per heavy atom. The summed E-state index contributed by atoms with van der Waals surface area (Å²) in [5.74, 6) is -0.290. The molecular formula is C18H17BrFNO2. The molecule has 0 N–H and O–H groups in total. The molecule has 1 aliphatic heterocycles. The molecule has 1 unspecified atom stereocenters. The summed E-state index contributed by atoms with van der Waals surface area (Å²) in [7, 11) is 0. The number of ether oxygens (including phenoxy) is 1. The van der Waals surface area contributed by atoms with E-state index in [4.69, 9.17) is 4.74 Å². The largest absolute Gasteiger partial charge is 0.444 e. The molecule has 1 amide bonds. The molecule has 0 bridgehead atoms. The second kappa shape index (κ2) is 6.71. The Morgan fingerprint density at radius 3 is 2.83 bits per heavy atom. The van der Waals surface area contributed by atoms with Crippen LogP contribution in [0.25, 0.3) is 0 Å². The van der Waals surface area contributed by atoms with Crippen molar-refractivity contribution in [2.75, 3.05) is 4.90 Å². The number of hydrogen-bond acceptors (Lipinski definition) is 2. The molecular weight excluding hydrogens is 361 g/mol. The molecule has 3 rings (SSSR count). The lowest BCUT2D eigenvalue weighted by Crippen LogP contribution is -2.42. The van der Waals surface area contributed by atoms with E-state index < -0.39 is 6.09 Å². The molecule has 0 saturated carbocycles. The molecule has 2 aromatic carbocycles. The first-order chi connectivity index (χ1) is 11.1. The fourth-order valence-electron chi connectivity index (χ4n) is 2.84. The Kier molecular flexibility index (Phi) is 4.66. The third-order valence-corrected chi connectivity index (χ3v) is 4.51.